The van der Waals surface area contributed by atoms with E-state index in [4.69, 9.17) is 5.73 Å². The Morgan fingerprint density at radius 2 is 1.90 bits per heavy atom. The van der Waals surface area contributed by atoms with Gasteiger partial charge in [-0.25, -0.2) is 0 Å². The smallest absolute Gasteiger partial charge is 0.188 e. The van der Waals surface area contributed by atoms with E-state index in [0.29, 0.717) is 19.0 Å². The first kappa shape index (κ1) is 19.0. The molecule has 1 aromatic carbocycles. The van der Waals surface area contributed by atoms with Crippen LogP contribution in [0.15, 0.2) is 47.5 Å². The molecule has 20 heavy (non-hydrogen) atoms. The zero-order valence-electron chi connectivity index (χ0n) is 12.6. The van der Waals surface area contributed by atoms with Crippen LogP contribution in [0, 0.1) is 5.41 Å². The number of rotatable bonds is 6. The van der Waals surface area contributed by atoms with Gasteiger partial charge < -0.3 is 11.1 Å². The minimum atomic E-state index is 0. The minimum Gasteiger partial charge on any atom is -0.370 e. The van der Waals surface area contributed by atoms with Crippen LogP contribution in [0.5, 0.6) is 0 Å². The van der Waals surface area contributed by atoms with Crippen molar-refractivity contribution >= 4 is 29.9 Å². The molecule has 0 aliphatic rings. The van der Waals surface area contributed by atoms with Gasteiger partial charge >= 0.3 is 0 Å². The molecular formula is C16H26IN3. The largest absolute Gasteiger partial charge is 0.370 e. The third kappa shape index (κ3) is 8.19. The SMILES string of the molecule is C=C(C)CNC(N)=NCC(C)(C)Cc1ccccc1.I. The second-order valence-electron chi connectivity index (χ2n) is 5.84. The van der Waals surface area contributed by atoms with Gasteiger partial charge in [-0.05, 0) is 24.3 Å². The predicted octanol–water partition coefficient (Wildman–Crippen LogP) is 3.35. The Hall–Kier alpha value is -1.04. The third-order valence-electron chi connectivity index (χ3n) is 2.77. The molecule has 1 aromatic rings. The maximum atomic E-state index is 5.82. The van der Waals surface area contributed by atoms with E-state index in [1.54, 1.807) is 0 Å². The van der Waals surface area contributed by atoms with E-state index >= 15 is 0 Å². The van der Waals surface area contributed by atoms with Crippen molar-refractivity contribution in [2.75, 3.05) is 13.1 Å². The molecule has 0 spiro atoms. The molecule has 3 nitrogen and oxygen atoms in total. The van der Waals surface area contributed by atoms with Crippen LogP contribution in [0.25, 0.3) is 0 Å². The summed E-state index contributed by atoms with van der Waals surface area (Å²) in [5, 5.41) is 3.05. The van der Waals surface area contributed by atoms with Gasteiger partial charge in [0.05, 0.1) is 0 Å². The van der Waals surface area contributed by atoms with Crippen molar-refractivity contribution in [3.05, 3.63) is 48.0 Å². The van der Waals surface area contributed by atoms with Crippen LogP contribution >= 0.6 is 24.0 Å². The second kappa shape index (κ2) is 9.00. The normalized spacial score (nSPS) is 11.7. The van der Waals surface area contributed by atoms with E-state index in [1.165, 1.54) is 5.56 Å². The highest BCUT2D eigenvalue weighted by molar-refractivity contribution is 14.0. The quantitative estimate of drug-likeness (QED) is 0.340. The second-order valence-corrected chi connectivity index (χ2v) is 5.84. The van der Waals surface area contributed by atoms with E-state index in [1.807, 2.05) is 13.0 Å². The molecule has 0 aliphatic heterocycles. The Morgan fingerprint density at radius 3 is 2.45 bits per heavy atom. The van der Waals surface area contributed by atoms with Crippen LogP contribution in [-0.4, -0.2) is 19.0 Å². The van der Waals surface area contributed by atoms with Gasteiger partial charge in [-0.1, -0.05) is 56.3 Å². The maximum Gasteiger partial charge on any atom is 0.188 e. The summed E-state index contributed by atoms with van der Waals surface area (Å²) in [5.41, 5.74) is 8.29. The number of benzene rings is 1. The lowest BCUT2D eigenvalue weighted by Gasteiger charge is -2.22. The van der Waals surface area contributed by atoms with E-state index < -0.39 is 0 Å². The van der Waals surface area contributed by atoms with Gasteiger partial charge in [0.15, 0.2) is 5.96 Å². The van der Waals surface area contributed by atoms with Crippen LogP contribution in [-0.2, 0) is 6.42 Å². The lowest BCUT2D eigenvalue weighted by molar-refractivity contribution is 0.377. The highest BCUT2D eigenvalue weighted by atomic mass is 127. The molecule has 0 bridgehead atoms. The zero-order valence-corrected chi connectivity index (χ0v) is 15.0. The standard InChI is InChI=1S/C16H25N3.HI/c1-13(2)11-18-15(17)19-12-16(3,4)10-14-8-6-5-7-9-14;/h5-9H,1,10-12H2,2-4H3,(H3,17,18,19);1H. The molecule has 0 fully saturated rings. The fraction of sp³-hybridized carbons (Fsp3) is 0.438. The Bertz CT molecular complexity index is 438. The summed E-state index contributed by atoms with van der Waals surface area (Å²) >= 11 is 0. The molecule has 4 heteroatoms. The zero-order chi connectivity index (χ0) is 14.3. The molecule has 0 aromatic heterocycles. The Kier molecular flexibility index (Phi) is 8.53. The van der Waals surface area contributed by atoms with Crippen molar-refractivity contribution in [2.24, 2.45) is 16.1 Å². The molecule has 1 rings (SSSR count). The molecule has 0 aliphatic carbocycles. The van der Waals surface area contributed by atoms with Crippen molar-refractivity contribution in [3.63, 3.8) is 0 Å². The van der Waals surface area contributed by atoms with Crippen molar-refractivity contribution in [1.82, 2.24) is 5.32 Å². The number of nitrogens with two attached hydrogens (primary N) is 1. The molecule has 3 N–H and O–H groups in total. The summed E-state index contributed by atoms with van der Waals surface area (Å²) in [6.07, 6.45) is 0.991. The van der Waals surface area contributed by atoms with Gasteiger partial charge in [0.1, 0.15) is 0 Å². The first-order valence-corrected chi connectivity index (χ1v) is 6.61. The van der Waals surface area contributed by atoms with E-state index in [0.717, 1.165) is 12.0 Å². The lowest BCUT2D eigenvalue weighted by Crippen LogP contribution is -2.34. The van der Waals surface area contributed by atoms with E-state index in [-0.39, 0.29) is 29.4 Å². The highest BCUT2D eigenvalue weighted by Crippen LogP contribution is 2.21. The van der Waals surface area contributed by atoms with Gasteiger partial charge in [0.2, 0.25) is 0 Å². The van der Waals surface area contributed by atoms with Crippen molar-refractivity contribution in [2.45, 2.75) is 27.2 Å². The average Bonchev–Trinajstić information content (AvgIpc) is 2.34. The van der Waals surface area contributed by atoms with Gasteiger partial charge in [-0.15, -0.1) is 24.0 Å². The Labute approximate surface area is 139 Å². The van der Waals surface area contributed by atoms with Crippen LogP contribution < -0.4 is 11.1 Å². The number of hydrogen-bond acceptors (Lipinski definition) is 1. The van der Waals surface area contributed by atoms with Gasteiger partial charge in [0.25, 0.3) is 0 Å². The summed E-state index contributed by atoms with van der Waals surface area (Å²) in [7, 11) is 0. The average molecular weight is 387 g/mol. The number of nitrogens with zero attached hydrogens (tertiary/aromatic N) is 1. The summed E-state index contributed by atoms with van der Waals surface area (Å²) < 4.78 is 0. The van der Waals surface area contributed by atoms with E-state index in [9.17, 15) is 0 Å². The van der Waals surface area contributed by atoms with Crippen LogP contribution in [0.3, 0.4) is 0 Å². The molecule has 0 unspecified atom stereocenters. The summed E-state index contributed by atoms with van der Waals surface area (Å²) in [6.45, 7) is 11.6. The first-order valence-electron chi connectivity index (χ1n) is 6.61. The Morgan fingerprint density at radius 1 is 1.30 bits per heavy atom. The molecule has 0 saturated carbocycles. The molecule has 0 atom stereocenters. The fourth-order valence-corrected chi connectivity index (χ4v) is 1.80. The van der Waals surface area contributed by atoms with Crippen molar-refractivity contribution in [3.8, 4) is 0 Å². The first-order chi connectivity index (χ1) is 8.89. The summed E-state index contributed by atoms with van der Waals surface area (Å²) in [6, 6.07) is 10.5. The lowest BCUT2D eigenvalue weighted by atomic mass is 9.86. The van der Waals surface area contributed by atoms with Crippen molar-refractivity contribution in [1.29, 1.82) is 0 Å². The predicted molar refractivity (Wildman–Crippen MR) is 98.6 cm³/mol. The topological polar surface area (TPSA) is 50.4 Å². The molecule has 0 radical (unpaired) electrons. The molecular weight excluding hydrogens is 361 g/mol. The number of guanidine groups is 1. The molecule has 112 valence electrons. The minimum absolute atomic E-state index is 0. The van der Waals surface area contributed by atoms with Gasteiger partial charge in [0, 0.05) is 13.1 Å². The number of hydrogen-bond donors (Lipinski definition) is 2. The third-order valence-corrected chi connectivity index (χ3v) is 2.77. The summed E-state index contributed by atoms with van der Waals surface area (Å²) in [5.74, 6) is 0.490. The Balaban J connectivity index is 0.00000361. The summed E-state index contributed by atoms with van der Waals surface area (Å²) in [4.78, 5) is 4.41. The molecule has 0 saturated heterocycles. The molecule has 0 amide bonds. The molecule has 0 heterocycles. The van der Waals surface area contributed by atoms with Crippen molar-refractivity contribution < 1.29 is 0 Å². The van der Waals surface area contributed by atoms with Crippen LogP contribution in [0.1, 0.15) is 26.3 Å². The van der Waals surface area contributed by atoms with Gasteiger partial charge in [-0.3, -0.25) is 4.99 Å². The number of halogens is 1. The van der Waals surface area contributed by atoms with Gasteiger partial charge in [-0.2, -0.15) is 0 Å². The monoisotopic (exact) mass is 387 g/mol. The number of nitrogens with one attached hydrogen (secondary N) is 1. The van der Waals surface area contributed by atoms with E-state index in [2.05, 4.69) is 55.0 Å². The highest BCUT2D eigenvalue weighted by Gasteiger charge is 2.18. The number of aliphatic imine (C=N–C) groups is 1. The van der Waals surface area contributed by atoms with Crippen LogP contribution in [0.2, 0.25) is 0 Å². The fourth-order valence-electron chi connectivity index (χ4n) is 1.80. The maximum absolute atomic E-state index is 5.82. The van der Waals surface area contributed by atoms with Crippen LogP contribution in [0.4, 0.5) is 0 Å².